The maximum atomic E-state index is 10.7. The lowest BCUT2D eigenvalue weighted by Crippen LogP contribution is -2.35. The van der Waals surface area contributed by atoms with E-state index in [9.17, 15) is 4.79 Å². The van der Waals surface area contributed by atoms with Crippen LogP contribution < -0.4 is 10.6 Å². The van der Waals surface area contributed by atoms with Crippen molar-refractivity contribution in [3.63, 3.8) is 0 Å². The number of nitrogens with one attached hydrogen (secondary N) is 2. The number of aryl methyl sites for hydroxylation is 1. The number of halogens is 2. The number of rotatable bonds is 4. The number of hydrogen-bond donors (Lipinski definition) is 2. The Balaban J connectivity index is 0.00000132. The minimum atomic E-state index is 0. The van der Waals surface area contributed by atoms with Gasteiger partial charge in [-0.3, -0.25) is 0 Å². The van der Waals surface area contributed by atoms with Crippen LogP contribution in [0, 0.1) is 5.92 Å². The smallest absolute Gasteiger partial charge is 0.120 e. The Kier molecular flexibility index (Phi) is 9.15. The minimum absolute atomic E-state index is 0. The van der Waals surface area contributed by atoms with Crippen molar-refractivity contribution in [2.75, 3.05) is 19.6 Å². The normalized spacial score (nSPS) is 23.7. The van der Waals surface area contributed by atoms with E-state index in [-0.39, 0.29) is 24.8 Å². The lowest BCUT2D eigenvalue weighted by Gasteiger charge is -2.32. The molecule has 0 amide bonds. The molecule has 0 saturated carbocycles. The van der Waals surface area contributed by atoms with E-state index in [1.54, 1.807) is 0 Å². The van der Waals surface area contributed by atoms with Gasteiger partial charge in [-0.05, 0) is 67.3 Å². The Bertz CT molecular complexity index is 496. The van der Waals surface area contributed by atoms with Crippen molar-refractivity contribution in [1.82, 2.24) is 10.6 Å². The standard InChI is InChI=1S/C18H26N2O.2ClH/c21-10-2-4-15-7-9-20-13-18(15)16-6-5-14-3-1-8-19-12-17(14)11-16;;/h5-6,10-11,15,18-20H,1-4,7-9,12-13H2;2*1H. The van der Waals surface area contributed by atoms with E-state index >= 15 is 0 Å². The Morgan fingerprint density at radius 3 is 2.83 bits per heavy atom. The molecule has 0 aromatic heterocycles. The van der Waals surface area contributed by atoms with Crippen molar-refractivity contribution in [3.05, 3.63) is 34.9 Å². The zero-order chi connectivity index (χ0) is 14.5. The maximum absolute atomic E-state index is 10.7. The van der Waals surface area contributed by atoms with E-state index < -0.39 is 0 Å². The van der Waals surface area contributed by atoms with Crippen LogP contribution in [-0.2, 0) is 17.8 Å². The summed E-state index contributed by atoms with van der Waals surface area (Å²) < 4.78 is 0. The van der Waals surface area contributed by atoms with Gasteiger partial charge in [0.25, 0.3) is 0 Å². The topological polar surface area (TPSA) is 41.1 Å². The Labute approximate surface area is 151 Å². The highest BCUT2D eigenvalue weighted by Gasteiger charge is 2.26. The van der Waals surface area contributed by atoms with E-state index in [1.165, 1.54) is 36.0 Å². The summed E-state index contributed by atoms with van der Waals surface area (Å²) in [4.78, 5) is 10.7. The molecule has 1 saturated heterocycles. The SMILES string of the molecule is Cl.Cl.O=CCCC1CCNCC1c1ccc2c(c1)CNCCC2. The molecule has 1 aromatic rings. The molecular weight excluding hydrogens is 331 g/mol. The molecule has 2 heterocycles. The van der Waals surface area contributed by atoms with Gasteiger partial charge in [0.1, 0.15) is 6.29 Å². The monoisotopic (exact) mass is 358 g/mol. The third kappa shape index (κ3) is 5.18. The summed E-state index contributed by atoms with van der Waals surface area (Å²) in [5, 5.41) is 7.05. The van der Waals surface area contributed by atoms with E-state index in [4.69, 9.17) is 0 Å². The maximum Gasteiger partial charge on any atom is 0.120 e. The van der Waals surface area contributed by atoms with Crippen molar-refractivity contribution in [2.45, 2.75) is 44.6 Å². The van der Waals surface area contributed by atoms with Crippen LogP contribution in [0.15, 0.2) is 18.2 Å². The van der Waals surface area contributed by atoms with Gasteiger partial charge in [-0.15, -0.1) is 24.8 Å². The fourth-order valence-electron chi connectivity index (χ4n) is 3.84. The number of fused-ring (bicyclic) bond motifs is 1. The predicted octanol–water partition coefficient (Wildman–Crippen LogP) is 3.24. The quantitative estimate of drug-likeness (QED) is 0.811. The molecule has 3 rings (SSSR count). The summed E-state index contributed by atoms with van der Waals surface area (Å²) in [6.07, 6.45) is 6.42. The second-order valence-corrected chi connectivity index (χ2v) is 6.41. The number of carbonyl (C=O) groups is 1. The summed E-state index contributed by atoms with van der Waals surface area (Å²) in [5.74, 6) is 1.21. The van der Waals surface area contributed by atoms with Gasteiger partial charge in [0, 0.05) is 19.5 Å². The molecule has 23 heavy (non-hydrogen) atoms. The molecule has 1 aromatic carbocycles. The average Bonchev–Trinajstić information content (AvgIpc) is 2.77. The van der Waals surface area contributed by atoms with Crippen molar-refractivity contribution in [3.8, 4) is 0 Å². The summed E-state index contributed by atoms with van der Waals surface area (Å²) in [5.41, 5.74) is 4.45. The molecule has 2 N–H and O–H groups in total. The third-order valence-electron chi connectivity index (χ3n) is 5.05. The van der Waals surface area contributed by atoms with Crippen LogP contribution in [0.3, 0.4) is 0 Å². The highest BCUT2D eigenvalue weighted by atomic mass is 35.5. The molecule has 0 spiro atoms. The van der Waals surface area contributed by atoms with E-state index in [2.05, 4.69) is 28.8 Å². The Morgan fingerprint density at radius 1 is 1.13 bits per heavy atom. The highest BCUT2D eigenvalue weighted by Crippen LogP contribution is 2.33. The number of benzene rings is 1. The number of carbonyl (C=O) groups excluding carboxylic acids is 1. The first-order valence-electron chi connectivity index (χ1n) is 8.35. The molecule has 0 aliphatic carbocycles. The van der Waals surface area contributed by atoms with Crippen LogP contribution in [0.2, 0.25) is 0 Å². The van der Waals surface area contributed by atoms with Crippen molar-refractivity contribution >= 4 is 31.1 Å². The largest absolute Gasteiger partial charge is 0.316 e. The molecule has 0 bridgehead atoms. The average molecular weight is 359 g/mol. The van der Waals surface area contributed by atoms with Crippen molar-refractivity contribution < 1.29 is 4.79 Å². The number of hydrogen-bond acceptors (Lipinski definition) is 3. The first-order chi connectivity index (χ1) is 10.4. The molecule has 2 unspecified atom stereocenters. The van der Waals surface area contributed by atoms with Gasteiger partial charge in [-0.1, -0.05) is 18.2 Å². The fourth-order valence-corrected chi connectivity index (χ4v) is 3.84. The van der Waals surface area contributed by atoms with Gasteiger partial charge < -0.3 is 15.4 Å². The Hall–Kier alpha value is -0.610. The molecular formula is C18H28Cl2N2O. The molecule has 1 fully saturated rings. The highest BCUT2D eigenvalue weighted by molar-refractivity contribution is 5.85. The van der Waals surface area contributed by atoms with Crippen LogP contribution in [0.4, 0.5) is 0 Å². The lowest BCUT2D eigenvalue weighted by atomic mass is 9.78. The molecule has 130 valence electrons. The van der Waals surface area contributed by atoms with Gasteiger partial charge in [0.05, 0.1) is 0 Å². The molecule has 0 radical (unpaired) electrons. The number of aldehydes is 1. The van der Waals surface area contributed by atoms with Gasteiger partial charge in [-0.25, -0.2) is 0 Å². The number of piperidine rings is 1. The Morgan fingerprint density at radius 2 is 2.00 bits per heavy atom. The lowest BCUT2D eigenvalue weighted by molar-refractivity contribution is -0.108. The first-order valence-corrected chi connectivity index (χ1v) is 8.35. The van der Waals surface area contributed by atoms with E-state index in [0.29, 0.717) is 18.3 Å². The molecule has 3 nitrogen and oxygen atoms in total. The summed E-state index contributed by atoms with van der Waals surface area (Å²) in [7, 11) is 0. The second kappa shape index (κ2) is 10.3. The van der Waals surface area contributed by atoms with Crippen LogP contribution >= 0.6 is 24.8 Å². The van der Waals surface area contributed by atoms with E-state index in [0.717, 1.165) is 38.9 Å². The second-order valence-electron chi connectivity index (χ2n) is 6.41. The van der Waals surface area contributed by atoms with Gasteiger partial charge in [-0.2, -0.15) is 0 Å². The summed E-state index contributed by atoms with van der Waals surface area (Å²) >= 11 is 0. The van der Waals surface area contributed by atoms with Crippen molar-refractivity contribution in [1.29, 1.82) is 0 Å². The summed E-state index contributed by atoms with van der Waals surface area (Å²) in [6.45, 7) is 4.27. The van der Waals surface area contributed by atoms with Gasteiger partial charge in [0.15, 0.2) is 0 Å². The van der Waals surface area contributed by atoms with Crippen LogP contribution in [0.1, 0.15) is 48.3 Å². The third-order valence-corrected chi connectivity index (χ3v) is 5.05. The van der Waals surface area contributed by atoms with Crippen LogP contribution in [0.5, 0.6) is 0 Å². The van der Waals surface area contributed by atoms with Crippen LogP contribution in [-0.4, -0.2) is 25.9 Å². The zero-order valence-electron chi connectivity index (χ0n) is 13.6. The predicted molar refractivity (Wildman–Crippen MR) is 100.0 cm³/mol. The first kappa shape index (κ1) is 20.4. The van der Waals surface area contributed by atoms with E-state index in [1.807, 2.05) is 0 Å². The zero-order valence-corrected chi connectivity index (χ0v) is 15.2. The van der Waals surface area contributed by atoms with Gasteiger partial charge >= 0.3 is 0 Å². The molecule has 2 aliphatic heterocycles. The minimum Gasteiger partial charge on any atom is -0.316 e. The van der Waals surface area contributed by atoms with Gasteiger partial charge in [0.2, 0.25) is 0 Å². The van der Waals surface area contributed by atoms with Crippen LogP contribution in [0.25, 0.3) is 0 Å². The summed E-state index contributed by atoms with van der Waals surface area (Å²) in [6, 6.07) is 7.08. The van der Waals surface area contributed by atoms with Crippen molar-refractivity contribution in [2.24, 2.45) is 5.92 Å². The molecule has 5 heteroatoms. The molecule has 2 aliphatic rings. The fraction of sp³-hybridized carbons (Fsp3) is 0.611. The molecule has 2 atom stereocenters.